The molecule has 0 bridgehead atoms. The number of methoxy groups -OCH3 is 1. The van der Waals surface area contributed by atoms with Gasteiger partial charge >= 0.3 is 0 Å². The van der Waals surface area contributed by atoms with E-state index < -0.39 is 10.0 Å². The summed E-state index contributed by atoms with van der Waals surface area (Å²) in [5.41, 5.74) is 0. The van der Waals surface area contributed by atoms with Crippen LogP contribution in [0.5, 0.6) is 0 Å². The first-order chi connectivity index (χ1) is 8.38. The minimum absolute atomic E-state index is 0.0660. The fourth-order valence-corrected chi connectivity index (χ4v) is 4.30. The molecule has 0 aliphatic heterocycles. The summed E-state index contributed by atoms with van der Waals surface area (Å²) in [5, 5.41) is 0.191. The summed E-state index contributed by atoms with van der Waals surface area (Å²) >= 11 is 9.11. The number of halogens is 2. The summed E-state index contributed by atoms with van der Waals surface area (Å²) < 4.78 is 32.1. The lowest BCUT2D eigenvalue weighted by Gasteiger charge is -2.13. The van der Waals surface area contributed by atoms with Gasteiger partial charge in [0.05, 0.1) is 5.02 Å². The van der Waals surface area contributed by atoms with E-state index >= 15 is 0 Å². The molecule has 7 heteroatoms. The molecular weight excluding hydrogens is 342 g/mol. The maximum atomic E-state index is 12.1. The molecular formula is C11H15BrClNO3S. The molecule has 0 aromatic heterocycles. The van der Waals surface area contributed by atoms with Gasteiger partial charge in [0, 0.05) is 24.7 Å². The van der Waals surface area contributed by atoms with Crippen molar-refractivity contribution in [3.8, 4) is 0 Å². The Morgan fingerprint density at radius 3 is 2.72 bits per heavy atom. The lowest BCUT2D eigenvalue weighted by Crippen LogP contribution is -2.30. The van der Waals surface area contributed by atoms with E-state index in [1.807, 2.05) is 6.92 Å². The van der Waals surface area contributed by atoms with Gasteiger partial charge in [-0.05, 0) is 34.0 Å². The maximum absolute atomic E-state index is 12.1. The zero-order valence-electron chi connectivity index (χ0n) is 10.1. The van der Waals surface area contributed by atoms with Gasteiger partial charge in [0.1, 0.15) is 4.90 Å². The molecule has 0 aliphatic carbocycles. The van der Waals surface area contributed by atoms with Crippen molar-refractivity contribution in [2.24, 2.45) is 5.92 Å². The summed E-state index contributed by atoms with van der Waals surface area (Å²) in [6.45, 7) is 2.69. The van der Waals surface area contributed by atoms with Gasteiger partial charge in [0.25, 0.3) is 0 Å². The van der Waals surface area contributed by atoms with Crippen LogP contribution < -0.4 is 4.72 Å². The number of hydrogen-bond acceptors (Lipinski definition) is 3. The highest BCUT2D eigenvalue weighted by Crippen LogP contribution is 2.29. The van der Waals surface area contributed by atoms with Crippen molar-refractivity contribution in [2.45, 2.75) is 11.8 Å². The highest BCUT2D eigenvalue weighted by molar-refractivity contribution is 9.10. The number of benzene rings is 1. The van der Waals surface area contributed by atoms with E-state index in [0.29, 0.717) is 17.6 Å². The van der Waals surface area contributed by atoms with Crippen LogP contribution in [-0.2, 0) is 14.8 Å². The Bertz CT molecular complexity index is 487. The Hall–Kier alpha value is -0.140. The molecule has 0 saturated carbocycles. The monoisotopic (exact) mass is 355 g/mol. The van der Waals surface area contributed by atoms with Crippen LogP contribution in [0.25, 0.3) is 0 Å². The average Bonchev–Trinajstić information content (AvgIpc) is 2.26. The first-order valence-corrected chi connectivity index (χ1v) is 7.96. The molecule has 1 unspecified atom stereocenters. The molecule has 0 fully saturated rings. The van der Waals surface area contributed by atoms with E-state index in [1.165, 1.54) is 0 Å². The number of sulfonamides is 1. The van der Waals surface area contributed by atoms with Crippen LogP contribution >= 0.6 is 27.5 Å². The van der Waals surface area contributed by atoms with E-state index in [9.17, 15) is 8.42 Å². The highest BCUT2D eigenvalue weighted by atomic mass is 79.9. The van der Waals surface area contributed by atoms with E-state index in [-0.39, 0.29) is 15.8 Å². The van der Waals surface area contributed by atoms with Gasteiger partial charge in [0.2, 0.25) is 10.0 Å². The van der Waals surface area contributed by atoms with Crippen LogP contribution in [0.15, 0.2) is 27.6 Å². The lowest BCUT2D eigenvalue weighted by atomic mass is 10.2. The van der Waals surface area contributed by atoms with Gasteiger partial charge in [-0.25, -0.2) is 13.1 Å². The van der Waals surface area contributed by atoms with Crippen molar-refractivity contribution in [3.63, 3.8) is 0 Å². The molecule has 102 valence electrons. The second kappa shape index (κ2) is 6.86. The molecule has 0 saturated heterocycles. The van der Waals surface area contributed by atoms with Crippen molar-refractivity contribution in [2.75, 3.05) is 20.3 Å². The molecule has 1 atom stereocenters. The van der Waals surface area contributed by atoms with Crippen molar-refractivity contribution in [1.82, 2.24) is 4.72 Å². The predicted molar refractivity (Wildman–Crippen MR) is 75.4 cm³/mol. The second-order valence-corrected chi connectivity index (χ2v) is 6.93. The van der Waals surface area contributed by atoms with Crippen LogP contribution in [0.4, 0.5) is 0 Å². The van der Waals surface area contributed by atoms with Gasteiger partial charge in [-0.3, -0.25) is 0 Å². The summed E-state index contributed by atoms with van der Waals surface area (Å²) in [6, 6.07) is 4.86. The van der Waals surface area contributed by atoms with Crippen molar-refractivity contribution in [1.29, 1.82) is 0 Å². The average molecular weight is 357 g/mol. The predicted octanol–water partition coefficient (Wildman–Crippen LogP) is 2.66. The minimum Gasteiger partial charge on any atom is -0.384 e. The molecule has 0 radical (unpaired) electrons. The Balaban J connectivity index is 2.87. The quantitative estimate of drug-likeness (QED) is 0.852. The summed E-state index contributed by atoms with van der Waals surface area (Å²) in [6.07, 6.45) is 0. The second-order valence-electron chi connectivity index (χ2n) is 3.96. The summed E-state index contributed by atoms with van der Waals surface area (Å²) in [7, 11) is -2.04. The molecule has 0 amide bonds. The van der Waals surface area contributed by atoms with Crippen molar-refractivity contribution < 1.29 is 13.2 Å². The van der Waals surface area contributed by atoms with Crippen LogP contribution in [-0.4, -0.2) is 28.7 Å². The molecule has 0 spiro atoms. The molecule has 1 aromatic carbocycles. The molecule has 1 aromatic rings. The van der Waals surface area contributed by atoms with E-state index in [4.69, 9.17) is 16.3 Å². The molecule has 1 N–H and O–H groups in total. The third-order valence-electron chi connectivity index (χ3n) is 2.26. The zero-order chi connectivity index (χ0) is 13.8. The van der Waals surface area contributed by atoms with Crippen LogP contribution in [0.3, 0.4) is 0 Å². The summed E-state index contributed by atoms with van der Waals surface area (Å²) in [4.78, 5) is 0.0660. The Morgan fingerprint density at radius 2 is 2.17 bits per heavy atom. The Morgan fingerprint density at radius 1 is 1.50 bits per heavy atom. The van der Waals surface area contributed by atoms with Crippen molar-refractivity contribution in [3.05, 3.63) is 27.7 Å². The molecule has 4 nitrogen and oxygen atoms in total. The molecule has 0 heterocycles. The van der Waals surface area contributed by atoms with Crippen LogP contribution in [0, 0.1) is 5.92 Å². The van der Waals surface area contributed by atoms with Crippen LogP contribution in [0.2, 0.25) is 5.02 Å². The fourth-order valence-electron chi connectivity index (χ4n) is 1.41. The first kappa shape index (κ1) is 15.9. The van der Waals surface area contributed by atoms with Gasteiger partial charge in [-0.2, -0.15) is 0 Å². The number of nitrogens with one attached hydrogen (secondary N) is 1. The maximum Gasteiger partial charge on any atom is 0.243 e. The van der Waals surface area contributed by atoms with Crippen molar-refractivity contribution >= 4 is 37.6 Å². The number of ether oxygens (including phenoxy) is 1. The highest BCUT2D eigenvalue weighted by Gasteiger charge is 2.21. The van der Waals surface area contributed by atoms with Gasteiger partial charge in [-0.15, -0.1) is 0 Å². The van der Waals surface area contributed by atoms with Gasteiger partial charge < -0.3 is 4.74 Å². The Labute approximate surface area is 121 Å². The standard InChI is InChI=1S/C11H15BrClNO3S/c1-8(7-17-2)6-14-18(15,16)11-9(12)4-3-5-10(11)13/h3-5,8,14H,6-7H2,1-2H3. The molecule has 1 rings (SSSR count). The topological polar surface area (TPSA) is 55.4 Å². The minimum atomic E-state index is -3.62. The largest absolute Gasteiger partial charge is 0.384 e. The summed E-state index contributed by atoms with van der Waals surface area (Å²) in [5.74, 6) is 0.0889. The first-order valence-electron chi connectivity index (χ1n) is 5.31. The van der Waals surface area contributed by atoms with Crippen LogP contribution in [0.1, 0.15) is 6.92 Å². The Kier molecular flexibility index (Phi) is 6.07. The third kappa shape index (κ3) is 4.20. The van der Waals surface area contributed by atoms with Gasteiger partial charge in [0.15, 0.2) is 0 Å². The van der Waals surface area contributed by atoms with Gasteiger partial charge in [-0.1, -0.05) is 24.6 Å². The lowest BCUT2D eigenvalue weighted by molar-refractivity contribution is 0.161. The zero-order valence-corrected chi connectivity index (χ0v) is 13.3. The fraction of sp³-hybridized carbons (Fsp3) is 0.455. The number of rotatable bonds is 6. The number of hydrogen-bond donors (Lipinski definition) is 1. The smallest absolute Gasteiger partial charge is 0.243 e. The molecule has 18 heavy (non-hydrogen) atoms. The van der Waals surface area contributed by atoms with E-state index in [1.54, 1.807) is 25.3 Å². The SMILES string of the molecule is COCC(C)CNS(=O)(=O)c1c(Cl)cccc1Br. The third-order valence-corrected chi connectivity index (χ3v) is 5.13. The normalized spacial score (nSPS) is 13.6. The van der Waals surface area contributed by atoms with E-state index in [2.05, 4.69) is 20.7 Å². The molecule has 0 aliphatic rings. The van der Waals surface area contributed by atoms with E-state index in [0.717, 1.165) is 0 Å².